The van der Waals surface area contributed by atoms with E-state index in [1.165, 1.54) is 16.7 Å². The number of hydrogen-bond acceptors (Lipinski definition) is 5. The number of nitrogens with zero attached hydrogens (tertiary/aromatic N) is 1. The Morgan fingerprint density at radius 3 is 2.43 bits per heavy atom. The predicted octanol–water partition coefficient (Wildman–Crippen LogP) is 3.35. The van der Waals surface area contributed by atoms with E-state index in [4.69, 9.17) is 4.74 Å². The minimum atomic E-state index is -0.567. The highest BCUT2D eigenvalue weighted by Gasteiger charge is 2.16. The lowest BCUT2D eigenvalue weighted by molar-refractivity contribution is -0.126. The first kappa shape index (κ1) is 24.0. The number of amides is 2. The molecule has 0 aromatic heterocycles. The standard InChI is InChI=1S/C21H32N2O4S/c1-15(2)9-8-10-16(3)22-19(24)13-27-21(26)17-11-6-7-12-18(17)28-14-20(25)23(4)5/h6-7,11-12,15-16H,8-10,13-14H2,1-5H3,(H,22,24). The Kier molecular flexibility index (Phi) is 10.7. The molecule has 2 amide bonds. The minimum Gasteiger partial charge on any atom is -0.452 e. The third kappa shape index (κ3) is 9.26. The van der Waals surface area contributed by atoms with Crippen LogP contribution in [-0.2, 0) is 14.3 Å². The van der Waals surface area contributed by atoms with Crippen molar-refractivity contribution < 1.29 is 19.1 Å². The van der Waals surface area contributed by atoms with E-state index < -0.39 is 5.97 Å². The quantitative estimate of drug-likeness (QED) is 0.449. The van der Waals surface area contributed by atoms with E-state index in [2.05, 4.69) is 19.2 Å². The van der Waals surface area contributed by atoms with Gasteiger partial charge in [0.05, 0.1) is 11.3 Å². The molecule has 156 valence electrons. The van der Waals surface area contributed by atoms with Crippen LogP contribution in [0.3, 0.4) is 0 Å². The number of carbonyl (C=O) groups is 3. The van der Waals surface area contributed by atoms with E-state index >= 15 is 0 Å². The lowest BCUT2D eigenvalue weighted by Gasteiger charge is -2.15. The summed E-state index contributed by atoms with van der Waals surface area (Å²) in [5.41, 5.74) is 0.358. The molecule has 6 nitrogen and oxygen atoms in total. The second-order valence-corrected chi connectivity index (χ2v) is 8.46. The summed E-state index contributed by atoms with van der Waals surface area (Å²) in [7, 11) is 3.37. The summed E-state index contributed by atoms with van der Waals surface area (Å²) < 4.78 is 5.17. The molecule has 0 spiro atoms. The Hall–Kier alpha value is -2.02. The van der Waals surface area contributed by atoms with Gasteiger partial charge in [0, 0.05) is 25.0 Å². The highest BCUT2D eigenvalue weighted by atomic mass is 32.2. The minimum absolute atomic E-state index is 0.0426. The van der Waals surface area contributed by atoms with Crippen molar-refractivity contribution in [1.82, 2.24) is 10.2 Å². The van der Waals surface area contributed by atoms with Crippen molar-refractivity contribution in [2.45, 2.75) is 51.0 Å². The molecule has 1 rings (SSSR count). The number of hydrogen-bond donors (Lipinski definition) is 1. The Balaban J connectivity index is 2.50. The van der Waals surface area contributed by atoms with Crippen LogP contribution in [0.5, 0.6) is 0 Å². The molecule has 1 aromatic carbocycles. The molecule has 0 aliphatic heterocycles. The van der Waals surface area contributed by atoms with Crippen molar-refractivity contribution in [2.24, 2.45) is 5.92 Å². The highest BCUT2D eigenvalue weighted by Crippen LogP contribution is 2.23. The fourth-order valence-corrected chi connectivity index (χ4v) is 3.48. The van der Waals surface area contributed by atoms with Crippen molar-refractivity contribution in [3.05, 3.63) is 29.8 Å². The number of rotatable bonds is 11. The van der Waals surface area contributed by atoms with Crippen LogP contribution >= 0.6 is 11.8 Å². The number of nitrogens with one attached hydrogen (secondary N) is 1. The lowest BCUT2D eigenvalue weighted by Crippen LogP contribution is -2.35. The lowest BCUT2D eigenvalue weighted by atomic mass is 10.0. The molecule has 28 heavy (non-hydrogen) atoms. The van der Waals surface area contributed by atoms with E-state index in [0.717, 1.165) is 19.3 Å². The van der Waals surface area contributed by atoms with Gasteiger partial charge in [-0.15, -0.1) is 11.8 Å². The highest BCUT2D eigenvalue weighted by molar-refractivity contribution is 8.00. The summed E-state index contributed by atoms with van der Waals surface area (Å²) in [5.74, 6) is -0.0405. The van der Waals surface area contributed by atoms with Gasteiger partial charge >= 0.3 is 5.97 Å². The van der Waals surface area contributed by atoms with Gasteiger partial charge in [0.1, 0.15) is 0 Å². The van der Waals surface area contributed by atoms with E-state index in [9.17, 15) is 14.4 Å². The predicted molar refractivity (Wildman–Crippen MR) is 112 cm³/mol. The normalized spacial score (nSPS) is 11.8. The first-order chi connectivity index (χ1) is 13.2. The van der Waals surface area contributed by atoms with Crippen LogP contribution < -0.4 is 5.32 Å². The second-order valence-electron chi connectivity index (χ2n) is 7.44. The molecule has 0 saturated carbocycles. The molecule has 0 bridgehead atoms. The average Bonchev–Trinajstić information content (AvgIpc) is 2.63. The molecule has 7 heteroatoms. The monoisotopic (exact) mass is 408 g/mol. The summed E-state index contributed by atoms with van der Waals surface area (Å²) >= 11 is 1.28. The van der Waals surface area contributed by atoms with Crippen molar-refractivity contribution >= 4 is 29.5 Å². The fraction of sp³-hybridized carbons (Fsp3) is 0.571. The molecule has 1 atom stereocenters. The van der Waals surface area contributed by atoms with Gasteiger partial charge in [-0.05, 0) is 31.4 Å². The maximum absolute atomic E-state index is 12.4. The Morgan fingerprint density at radius 1 is 1.11 bits per heavy atom. The molecule has 0 aliphatic rings. The zero-order valence-corrected chi connectivity index (χ0v) is 18.3. The molecule has 0 radical (unpaired) electrons. The molecule has 0 saturated heterocycles. The smallest absolute Gasteiger partial charge is 0.339 e. The van der Waals surface area contributed by atoms with Gasteiger partial charge in [-0.1, -0.05) is 38.8 Å². The maximum Gasteiger partial charge on any atom is 0.339 e. The summed E-state index contributed by atoms with van der Waals surface area (Å²) in [6.07, 6.45) is 3.08. The van der Waals surface area contributed by atoms with Crippen LogP contribution in [0.4, 0.5) is 0 Å². The molecule has 1 N–H and O–H groups in total. The number of thioether (sulfide) groups is 1. The largest absolute Gasteiger partial charge is 0.452 e. The van der Waals surface area contributed by atoms with Gasteiger partial charge in [0.25, 0.3) is 5.91 Å². The fourth-order valence-electron chi connectivity index (χ4n) is 2.46. The van der Waals surface area contributed by atoms with Gasteiger partial charge in [-0.2, -0.15) is 0 Å². The molecule has 1 unspecified atom stereocenters. The van der Waals surface area contributed by atoms with E-state index in [0.29, 0.717) is 16.4 Å². The van der Waals surface area contributed by atoms with Gasteiger partial charge in [0.15, 0.2) is 6.61 Å². The van der Waals surface area contributed by atoms with Gasteiger partial charge in [0.2, 0.25) is 5.91 Å². The van der Waals surface area contributed by atoms with Crippen LogP contribution in [0, 0.1) is 5.92 Å². The molecule has 0 fully saturated rings. The van der Waals surface area contributed by atoms with E-state index in [-0.39, 0.29) is 30.2 Å². The van der Waals surface area contributed by atoms with Gasteiger partial charge in [-0.3, -0.25) is 9.59 Å². The van der Waals surface area contributed by atoms with Crippen molar-refractivity contribution in [3.63, 3.8) is 0 Å². The SMILES string of the molecule is CC(C)CCCC(C)NC(=O)COC(=O)c1ccccc1SCC(=O)N(C)C. The molecule has 1 aromatic rings. The van der Waals surface area contributed by atoms with Gasteiger partial charge < -0.3 is 15.0 Å². The number of benzene rings is 1. The summed E-state index contributed by atoms with van der Waals surface area (Å²) in [6.45, 7) is 5.99. The Labute approximate surface area is 172 Å². The van der Waals surface area contributed by atoms with Crippen molar-refractivity contribution in [3.8, 4) is 0 Å². The van der Waals surface area contributed by atoms with Crippen molar-refractivity contribution in [2.75, 3.05) is 26.5 Å². The zero-order valence-electron chi connectivity index (χ0n) is 17.5. The maximum atomic E-state index is 12.4. The molecule has 0 heterocycles. The number of carbonyl (C=O) groups excluding carboxylic acids is 3. The van der Waals surface area contributed by atoms with Crippen LogP contribution in [-0.4, -0.2) is 55.2 Å². The Bertz CT molecular complexity index is 662. The van der Waals surface area contributed by atoms with Crippen LogP contribution in [0.1, 0.15) is 50.4 Å². The first-order valence-electron chi connectivity index (χ1n) is 9.59. The molecular weight excluding hydrogens is 376 g/mol. The van der Waals surface area contributed by atoms with Crippen LogP contribution in [0.2, 0.25) is 0 Å². The summed E-state index contributed by atoms with van der Waals surface area (Å²) in [6, 6.07) is 6.97. The third-order valence-electron chi connectivity index (χ3n) is 4.12. The Morgan fingerprint density at radius 2 is 1.79 bits per heavy atom. The second kappa shape index (κ2) is 12.4. The van der Waals surface area contributed by atoms with Crippen molar-refractivity contribution in [1.29, 1.82) is 0 Å². The summed E-state index contributed by atoms with van der Waals surface area (Å²) in [5, 5.41) is 2.86. The topological polar surface area (TPSA) is 75.7 Å². The number of esters is 1. The summed E-state index contributed by atoms with van der Waals surface area (Å²) in [4.78, 5) is 38.3. The van der Waals surface area contributed by atoms with Crippen LogP contribution in [0.15, 0.2) is 29.2 Å². The third-order valence-corrected chi connectivity index (χ3v) is 5.18. The first-order valence-corrected chi connectivity index (χ1v) is 10.6. The molecular formula is C21H32N2O4S. The van der Waals surface area contributed by atoms with E-state index in [1.807, 2.05) is 6.92 Å². The zero-order chi connectivity index (χ0) is 21.1. The number of ether oxygens (including phenoxy) is 1. The van der Waals surface area contributed by atoms with Gasteiger partial charge in [-0.25, -0.2) is 4.79 Å². The average molecular weight is 409 g/mol. The van der Waals surface area contributed by atoms with Crippen LogP contribution in [0.25, 0.3) is 0 Å². The molecule has 0 aliphatic carbocycles. The van der Waals surface area contributed by atoms with E-state index in [1.54, 1.807) is 38.4 Å².